The number of benzene rings is 2. The van der Waals surface area contributed by atoms with Crippen LogP contribution in [-0.4, -0.2) is 98.4 Å². The zero-order valence-corrected chi connectivity index (χ0v) is 24.3. The molecule has 8 N–H and O–H groups in total. The number of nitrogens with zero attached hydrogens (tertiary/aromatic N) is 2. The minimum atomic E-state index is -4.20. The minimum Gasteiger partial charge on any atom is -0.481 e. The Morgan fingerprint density at radius 2 is 1.79 bits per heavy atom. The number of carbonyl (C=O) groups excluding carboxylic acids is 2. The summed E-state index contributed by atoms with van der Waals surface area (Å²) in [7, 11) is -4.20. The molecule has 1 fully saturated rings. The van der Waals surface area contributed by atoms with E-state index in [0.29, 0.717) is 30.8 Å². The fraction of sp³-hybridized carbons (Fsp3) is 0.370. The molecule has 1 saturated heterocycles. The summed E-state index contributed by atoms with van der Waals surface area (Å²) in [5, 5.41) is 30.0. The Balaban J connectivity index is 0.00000119. The summed E-state index contributed by atoms with van der Waals surface area (Å²) in [6, 6.07) is 10.1. The first-order valence-electron chi connectivity index (χ1n) is 13.3. The van der Waals surface area contributed by atoms with Gasteiger partial charge in [-0.2, -0.15) is 4.72 Å². The van der Waals surface area contributed by atoms with E-state index < -0.39 is 40.5 Å². The molecule has 1 atom stereocenters. The zero-order chi connectivity index (χ0) is 31.7. The smallest absolute Gasteiger partial charge is 0.323 e. The number of nitrogens with one attached hydrogen (secondary N) is 4. The molecule has 2 aromatic carbocycles. The van der Waals surface area contributed by atoms with Gasteiger partial charge in [0, 0.05) is 44.4 Å². The van der Waals surface area contributed by atoms with Crippen molar-refractivity contribution < 1.29 is 37.8 Å². The number of hydrogen-bond acceptors (Lipinski definition) is 9. The number of piperazine rings is 1. The van der Waals surface area contributed by atoms with E-state index >= 15 is 0 Å². The van der Waals surface area contributed by atoms with Crippen LogP contribution >= 0.6 is 0 Å². The number of aryl methyl sites for hydroxylation is 1. The Morgan fingerprint density at radius 1 is 1.12 bits per heavy atom. The molecule has 0 radical (unpaired) electrons. The quantitative estimate of drug-likeness (QED) is 0.134. The molecule has 0 saturated carbocycles. The second-order valence-corrected chi connectivity index (χ2v) is 11.5. The van der Waals surface area contributed by atoms with Gasteiger partial charge < -0.3 is 36.4 Å². The lowest BCUT2D eigenvalue weighted by Crippen LogP contribution is -2.54. The Bertz CT molecular complexity index is 1480. The number of hydrogen-bond donors (Lipinski definition) is 7. The van der Waals surface area contributed by atoms with Gasteiger partial charge in [0.1, 0.15) is 16.8 Å². The van der Waals surface area contributed by atoms with E-state index in [2.05, 4.69) is 15.4 Å². The van der Waals surface area contributed by atoms with E-state index in [0.717, 1.165) is 24.6 Å². The lowest BCUT2D eigenvalue weighted by Gasteiger charge is -2.35. The summed E-state index contributed by atoms with van der Waals surface area (Å²) in [6.45, 7) is 1.68. The minimum absolute atomic E-state index is 0.0414. The maximum absolute atomic E-state index is 13.0. The third-order valence-corrected chi connectivity index (χ3v) is 8.14. The van der Waals surface area contributed by atoms with Crippen LogP contribution in [0.2, 0.25) is 0 Å². The molecule has 232 valence electrons. The molecule has 43 heavy (non-hydrogen) atoms. The predicted octanol–water partition coefficient (Wildman–Crippen LogP) is -0.384. The highest BCUT2D eigenvalue weighted by Gasteiger charge is 2.30. The zero-order valence-electron chi connectivity index (χ0n) is 23.5. The first kappa shape index (κ1) is 32.8. The van der Waals surface area contributed by atoms with E-state index in [4.69, 9.17) is 21.0 Å². The van der Waals surface area contributed by atoms with E-state index in [1.807, 2.05) is 11.0 Å². The van der Waals surface area contributed by atoms with Crippen molar-refractivity contribution >= 4 is 51.0 Å². The molecule has 2 aromatic rings. The van der Waals surface area contributed by atoms with E-state index in [1.54, 1.807) is 30.3 Å². The van der Waals surface area contributed by atoms with Crippen molar-refractivity contribution in [2.75, 3.05) is 49.5 Å². The van der Waals surface area contributed by atoms with Gasteiger partial charge in [0.15, 0.2) is 0 Å². The van der Waals surface area contributed by atoms with Gasteiger partial charge in [-0.3, -0.25) is 24.6 Å². The molecular weight excluding hydrogens is 582 g/mol. The highest BCUT2D eigenvalue weighted by molar-refractivity contribution is 7.89. The number of fused-ring (bicyclic) bond motifs is 1. The van der Waals surface area contributed by atoms with Crippen LogP contribution in [0, 0.1) is 5.41 Å². The number of aliphatic carboxylic acids is 2. The summed E-state index contributed by atoms with van der Waals surface area (Å²) < 4.78 is 28.2. The third-order valence-electron chi connectivity index (χ3n) is 6.62. The van der Waals surface area contributed by atoms with Gasteiger partial charge in [-0.25, -0.2) is 8.42 Å². The number of nitrogens with two attached hydrogens (primary N) is 1. The van der Waals surface area contributed by atoms with Crippen molar-refractivity contribution in [3.8, 4) is 0 Å². The number of rotatable bonds is 10. The molecule has 2 heterocycles. The summed E-state index contributed by atoms with van der Waals surface area (Å²) in [6.07, 6.45) is 1.57. The molecule has 2 amide bonds. The van der Waals surface area contributed by atoms with E-state index in [1.165, 1.54) is 11.0 Å². The van der Waals surface area contributed by atoms with E-state index in [9.17, 15) is 27.9 Å². The molecule has 0 spiro atoms. The number of amides is 2. The number of carboxylic acid groups (broad SMARTS) is 2. The first-order valence-corrected chi connectivity index (χ1v) is 14.8. The van der Waals surface area contributed by atoms with Gasteiger partial charge in [0.05, 0.1) is 18.8 Å². The molecule has 0 aliphatic carbocycles. The van der Waals surface area contributed by atoms with Crippen molar-refractivity contribution in [2.24, 2.45) is 5.73 Å². The van der Waals surface area contributed by atoms with Crippen LogP contribution in [0.5, 0.6) is 0 Å². The van der Waals surface area contributed by atoms with Crippen LogP contribution in [0.15, 0.2) is 47.4 Å². The second kappa shape index (κ2) is 14.5. The Labute approximate surface area is 248 Å². The second-order valence-electron chi connectivity index (χ2n) is 9.85. The van der Waals surface area contributed by atoms with Crippen LogP contribution in [0.1, 0.15) is 24.5 Å². The highest BCUT2D eigenvalue weighted by Crippen LogP contribution is 2.29. The van der Waals surface area contributed by atoms with E-state index in [-0.39, 0.29) is 36.3 Å². The predicted molar refractivity (Wildman–Crippen MR) is 158 cm³/mol. The topological polar surface area (TPSA) is 235 Å². The van der Waals surface area contributed by atoms with Gasteiger partial charge in [-0.15, -0.1) is 0 Å². The van der Waals surface area contributed by atoms with Crippen LogP contribution in [0.25, 0.3) is 0 Å². The van der Waals surface area contributed by atoms with Crippen molar-refractivity contribution in [3.63, 3.8) is 0 Å². The Hall–Kier alpha value is -4.70. The third kappa shape index (κ3) is 9.14. The average molecular weight is 618 g/mol. The number of para-hydroxylation sites is 1. The number of anilines is 2. The maximum atomic E-state index is 13.0. The first-order chi connectivity index (χ1) is 20.3. The van der Waals surface area contributed by atoms with Crippen molar-refractivity contribution in [2.45, 2.75) is 30.7 Å². The normalized spacial score (nSPS) is 15.2. The summed E-state index contributed by atoms with van der Waals surface area (Å²) in [4.78, 5) is 49.1. The van der Waals surface area contributed by atoms with Gasteiger partial charge >= 0.3 is 5.97 Å². The van der Waals surface area contributed by atoms with Gasteiger partial charge in [-0.1, -0.05) is 12.1 Å². The van der Waals surface area contributed by atoms with Crippen LogP contribution in [0.4, 0.5) is 11.4 Å². The lowest BCUT2D eigenvalue weighted by atomic mass is 10.0. The molecule has 0 bridgehead atoms. The van der Waals surface area contributed by atoms with Crippen LogP contribution in [0.3, 0.4) is 0 Å². The molecule has 4 rings (SSSR count). The maximum Gasteiger partial charge on any atom is 0.323 e. The fourth-order valence-corrected chi connectivity index (χ4v) is 5.94. The van der Waals surface area contributed by atoms with Crippen molar-refractivity contribution in [1.29, 1.82) is 5.41 Å². The molecular formula is C27H35N7O8S. The summed E-state index contributed by atoms with van der Waals surface area (Å²) in [5.41, 5.74) is 8.12. The van der Waals surface area contributed by atoms with Crippen LogP contribution in [-0.2, 0) is 35.6 Å². The Kier molecular flexibility index (Phi) is 11.0. The molecule has 0 aromatic heterocycles. The molecule has 16 heteroatoms. The summed E-state index contributed by atoms with van der Waals surface area (Å²) in [5.74, 6) is -3.23. The standard InChI is InChI=1S/C25H31N7O6S.C2H4O2/c26-24(27)17-6-8-18(9-7-17)31-11-12-32(22(34)15-31)14-21(33)29-13-19(25(35)36)30-39(37,38)20-5-1-3-16-4-2-10-28-23(16)20;1-2(3)4/h1,3,5-9,19,28,30H,2,4,10-15H2,(H3,26,27)(H,29,33)(H,35,36);1H3,(H,3,4)/t19-;/m0./s1. The number of carbonyl (C=O) groups is 4. The summed E-state index contributed by atoms with van der Waals surface area (Å²) >= 11 is 0. The largest absolute Gasteiger partial charge is 0.481 e. The number of nitrogen functional groups attached to an aromatic ring is 1. The van der Waals surface area contributed by atoms with Gasteiger partial charge in [-0.05, 0) is 48.7 Å². The molecule has 0 unspecified atom stereocenters. The fourth-order valence-electron chi connectivity index (χ4n) is 4.52. The van der Waals surface area contributed by atoms with Gasteiger partial charge in [0.25, 0.3) is 5.97 Å². The molecule has 15 nitrogen and oxygen atoms in total. The molecule has 2 aliphatic heterocycles. The highest BCUT2D eigenvalue weighted by atomic mass is 32.2. The van der Waals surface area contributed by atoms with Crippen molar-refractivity contribution in [1.82, 2.24) is 14.9 Å². The monoisotopic (exact) mass is 617 g/mol. The lowest BCUT2D eigenvalue weighted by molar-refractivity contribution is -0.139. The van der Waals surface area contributed by atoms with Gasteiger partial charge in [0.2, 0.25) is 21.8 Å². The Morgan fingerprint density at radius 3 is 2.40 bits per heavy atom. The average Bonchev–Trinajstić information content (AvgIpc) is 2.95. The van der Waals surface area contributed by atoms with Crippen LogP contribution < -0.4 is 26.0 Å². The number of sulfonamides is 1. The van der Waals surface area contributed by atoms with Crippen molar-refractivity contribution in [3.05, 3.63) is 53.6 Å². The number of carboxylic acids is 2. The SMILES string of the molecule is CC(=O)O.N=C(N)c1ccc(N2CCN(CC(=O)NC[C@H](NS(=O)(=O)c3cccc4c3NCCC4)C(=O)O)C(=O)C2)cc1. The number of amidine groups is 1. The molecule has 2 aliphatic rings.